The molecule has 2 aromatic rings. The molecule has 1 aromatic carbocycles. The number of halogens is 1. The Morgan fingerprint density at radius 3 is 2.67 bits per heavy atom. The highest BCUT2D eigenvalue weighted by Crippen LogP contribution is 2.39. The molecular weight excluding hydrogens is 286 g/mol. The number of benzene rings is 1. The van der Waals surface area contributed by atoms with E-state index in [-0.39, 0.29) is 17.1 Å². The van der Waals surface area contributed by atoms with Gasteiger partial charge in [0.15, 0.2) is 5.78 Å². The van der Waals surface area contributed by atoms with Crippen LogP contribution in [0.15, 0.2) is 42.7 Å². The number of hydrogen-bond acceptors (Lipinski definition) is 3. The molecule has 0 saturated carbocycles. The van der Waals surface area contributed by atoms with Crippen LogP contribution in [0.25, 0.3) is 0 Å². The average molecular weight is 302 g/mol. The molecule has 0 N–H and O–H groups in total. The van der Waals surface area contributed by atoms with Crippen LogP contribution in [0.1, 0.15) is 29.8 Å². The van der Waals surface area contributed by atoms with Crippen LogP contribution in [0, 0.1) is 5.92 Å². The molecule has 1 aliphatic rings. The molecule has 0 aliphatic carbocycles. The highest BCUT2D eigenvalue weighted by atomic mass is 35.5. The maximum absolute atomic E-state index is 12.8. The van der Waals surface area contributed by atoms with Crippen LogP contribution in [-0.4, -0.2) is 17.4 Å². The third-order valence-corrected chi connectivity index (χ3v) is 4.46. The van der Waals surface area contributed by atoms with Crippen LogP contribution in [0.4, 0.5) is 0 Å². The number of Topliss-reactive ketones (excluding diaryl/α,β-unsaturated/α-hetero) is 1. The number of ether oxygens (including phenoxy) is 1. The minimum absolute atomic E-state index is 0.0839. The number of hydrogen-bond donors (Lipinski definition) is 0. The lowest BCUT2D eigenvalue weighted by Crippen LogP contribution is -2.41. The van der Waals surface area contributed by atoms with Crippen molar-refractivity contribution in [1.82, 2.24) is 4.98 Å². The first-order chi connectivity index (χ1) is 10.00. The van der Waals surface area contributed by atoms with Crippen molar-refractivity contribution < 1.29 is 9.53 Å². The summed E-state index contributed by atoms with van der Waals surface area (Å²) in [7, 11) is 0. The van der Waals surface area contributed by atoms with Crippen LogP contribution in [0.5, 0.6) is 5.75 Å². The van der Waals surface area contributed by atoms with Gasteiger partial charge in [0.05, 0.1) is 18.1 Å². The van der Waals surface area contributed by atoms with Gasteiger partial charge in [-0.25, -0.2) is 0 Å². The van der Waals surface area contributed by atoms with Crippen LogP contribution < -0.4 is 4.74 Å². The molecule has 0 radical (unpaired) electrons. The SMILES string of the molecule is CC(C)(c1ccncc1)C1COc2ccc(Cl)cc2C1=O. The van der Waals surface area contributed by atoms with Crippen molar-refractivity contribution in [3.05, 3.63) is 58.9 Å². The van der Waals surface area contributed by atoms with Crippen LogP contribution in [-0.2, 0) is 5.41 Å². The fourth-order valence-corrected chi connectivity index (χ4v) is 2.95. The van der Waals surface area contributed by atoms with Crippen molar-refractivity contribution in [3.8, 4) is 5.75 Å². The first-order valence-electron chi connectivity index (χ1n) is 6.87. The average Bonchev–Trinajstić information content (AvgIpc) is 2.49. The molecule has 0 spiro atoms. The molecule has 2 heterocycles. The second kappa shape index (κ2) is 5.15. The highest BCUT2D eigenvalue weighted by Gasteiger charge is 2.41. The summed E-state index contributed by atoms with van der Waals surface area (Å²) in [5, 5.41) is 0.549. The Labute approximate surface area is 128 Å². The van der Waals surface area contributed by atoms with Gasteiger partial charge in [0.1, 0.15) is 5.75 Å². The van der Waals surface area contributed by atoms with E-state index in [1.165, 1.54) is 0 Å². The summed E-state index contributed by atoms with van der Waals surface area (Å²) in [5.74, 6) is 0.456. The van der Waals surface area contributed by atoms with Gasteiger partial charge in [-0.15, -0.1) is 0 Å². The predicted molar refractivity (Wildman–Crippen MR) is 82.0 cm³/mol. The zero-order valence-corrected chi connectivity index (χ0v) is 12.7. The summed E-state index contributed by atoms with van der Waals surface area (Å²) in [6.45, 7) is 4.50. The molecule has 1 atom stereocenters. The molecule has 21 heavy (non-hydrogen) atoms. The van der Waals surface area contributed by atoms with Crippen LogP contribution >= 0.6 is 11.6 Å². The first-order valence-corrected chi connectivity index (χ1v) is 7.25. The largest absolute Gasteiger partial charge is 0.492 e. The van der Waals surface area contributed by atoms with Gasteiger partial charge in [-0.1, -0.05) is 25.4 Å². The molecular formula is C17H16ClNO2. The molecule has 3 nitrogen and oxygen atoms in total. The van der Waals surface area contributed by atoms with Gasteiger partial charge in [0.2, 0.25) is 0 Å². The summed E-state index contributed by atoms with van der Waals surface area (Å²) in [6.07, 6.45) is 3.49. The number of pyridine rings is 1. The van der Waals surface area contributed by atoms with E-state index < -0.39 is 0 Å². The van der Waals surface area contributed by atoms with Crippen molar-refractivity contribution in [2.45, 2.75) is 19.3 Å². The van der Waals surface area contributed by atoms with Gasteiger partial charge >= 0.3 is 0 Å². The van der Waals surface area contributed by atoms with Gasteiger partial charge in [-0.05, 0) is 35.9 Å². The summed E-state index contributed by atoms with van der Waals surface area (Å²) in [6, 6.07) is 9.07. The highest BCUT2D eigenvalue weighted by molar-refractivity contribution is 6.31. The lowest BCUT2D eigenvalue weighted by molar-refractivity contribution is 0.0737. The van der Waals surface area contributed by atoms with Crippen molar-refractivity contribution in [2.24, 2.45) is 5.92 Å². The van der Waals surface area contributed by atoms with Crippen LogP contribution in [0.2, 0.25) is 5.02 Å². The number of ketones is 1. The molecule has 0 amide bonds. The zero-order chi connectivity index (χ0) is 15.0. The molecule has 0 bridgehead atoms. The van der Waals surface area contributed by atoms with Gasteiger partial charge in [-0.3, -0.25) is 9.78 Å². The van der Waals surface area contributed by atoms with E-state index in [9.17, 15) is 4.79 Å². The minimum Gasteiger partial charge on any atom is -0.492 e. The molecule has 4 heteroatoms. The Kier molecular flexibility index (Phi) is 3.46. The maximum Gasteiger partial charge on any atom is 0.174 e. The van der Waals surface area contributed by atoms with Crippen molar-refractivity contribution in [2.75, 3.05) is 6.61 Å². The Morgan fingerprint density at radius 2 is 1.95 bits per heavy atom. The molecule has 1 aliphatic heterocycles. The Hall–Kier alpha value is -1.87. The van der Waals surface area contributed by atoms with E-state index in [1.54, 1.807) is 30.6 Å². The van der Waals surface area contributed by atoms with Gasteiger partial charge < -0.3 is 4.74 Å². The quantitative estimate of drug-likeness (QED) is 0.844. The smallest absolute Gasteiger partial charge is 0.174 e. The summed E-state index contributed by atoms with van der Waals surface area (Å²) in [5.41, 5.74) is 1.31. The van der Waals surface area contributed by atoms with E-state index in [0.717, 1.165) is 5.56 Å². The monoisotopic (exact) mass is 301 g/mol. The number of aromatic nitrogens is 1. The Bertz CT molecular complexity index is 682. The maximum atomic E-state index is 12.8. The van der Waals surface area contributed by atoms with Crippen molar-refractivity contribution in [1.29, 1.82) is 0 Å². The molecule has 108 valence electrons. The molecule has 1 aromatic heterocycles. The van der Waals surface area contributed by atoms with E-state index in [0.29, 0.717) is 22.9 Å². The predicted octanol–water partition coefficient (Wildman–Crippen LogP) is 3.90. The van der Waals surface area contributed by atoms with E-state index in [2.05, 4.69) is 18.8 Å². The van der Waals surface area contributed by atoms with E-state index in [4.69, 9.17) is 16.3 Å². The fourth-order valence-electron chi connectivity index (χ4n) is 2.78. The number of rotatable bonds is 2. The standard InChI is InChI=1S/C17H16ClNO2/c1-17(2,11-5-7-19-8-6-11)14-10-21-15-4-3-12(18)9-13(15)16(14)20/h3-9,14H,10H2,1-2H3. The minimum atomic E-state index is -0.333. The van der Waals surface area contributed by atoms with E-state index in [1.807, 2.05) is 12.1 Å². The molecule has 1 unspecified atom stereocenters. The Balaban J connectivity index is 2.00. The normalized spacial score (nSPS) is 18.0. The molecule has 0 saturated heterocycles. The summed E-state index contributed by atoms with van der Waals surface area (Å²) in [4.78, 5) is 16.9. The number of carbonyl (C=O) groups excluding carboxylic acids is 1. The fraction of sp³-hybridized carbons (Fsp3) is 0.294. The summed E-state index contributed by atoms with van der Waals surface area (Å²) < 4.78 is 5.77. The van der Waals surface area contributed by atoms with Gasteiger partial charge in [-0.2, -0.15) is 0 Å². The van der Waals surface area contributed by atoms with Gasteiger partial charge in [0, 0.05) is 22.8 Å². The third-order valence-electron chi connectivity index (χ3n) is 4.22. The van der Waals surface area contributed by atoms with Gasteiger partial charge in [0.25, 0.3) is 0 Å². The number of fused-ring (bicyclic) bond motifs is 1. The summed E-state index contributed by atoms with van der Waals surface area (Å²) >= 11 is 6.00. The second-order valence-corrected chi connectivity index (χ2v) is 6.26. The lowest BCUT2D eigenvalue weighted by Gasteiger charge is -2.36. The first kappa shape index (κ1) is 14.1. The Morgan fingerprint density at radius 1 is 1.24 bits per heavy atom. The van der Waals surface area contributed by atoms with Crippen molar-refractivity contribution >= 4 is 17.4 Å². The van der Waals surface area contributed by atoms with E-state index >= 15 is 0 Å². The topological polar surface area (TPSA) is 39.2 Å². The number of carbonyl (C=O) groups is 1. The van der Waals surface area contributed by atoms with Crippen molar-refractivity contribution in [3.63, 3.8) is 0 Å². The third kappa shape index (κ3) is 2.42. The molecule has 0 fully saturated rings. The second-order valence-electron chi connectivity index (χ2n) is 5.83. The molecule has 3 rings (SSSR count). The lowest BCUT2D eigenvalue weighted by atomic mass is 9.70. The van der Waals surface area contributed by atoms with Crippen LogP contribution in [0.3, 0.4) is 0 Å². The zero-order valence-electron chi connectivity index (χ0n) is 12.0. The number of nitrogens with zero attached hydrogens (tertiary/aromatic N) is 1.